The number of nitrogens with one attached hydrogen (secondary N) is 2. The van der Waals surface area contributed by atoms with Gasteiger partial charge in [0.2, 0.25) is 5.95 Å². The average molecular weight is 409 g/mol. The summed E-state index contributed by atoms with van der Waals surface area (Å²) in [6.45, 7) is 4.28. The van der Waals surface area contributed by atoms with E-state index in [0.717, 1.165) is 17.5 Å². The number of aryl methyl sites for hydroxylation is 1. The van der Waals surface area contributed by atoms with Crippen LogP contribution in [0, 0.1) is 6.92 Å². The Labute approximate surface area is 175 Å². The maximum atomic E-state index is 12.5. The molecule has 8 heteroatoms. The molecule has 0 bridgehead atoms. The van der Waals surface area contributed by atoms with Gasteiger partial charge in [0.1, 0.15) is 11.6 Å². The van der Waals surface area contributed by atoms with Crippen LogP contribution in [-0.4, -0.2) is 49.8 Å². The van der Waals surface area contributed by atoms with Gasteiger partial charge in [0.05, 0.1) is 18.2 Å². The summed E-state index contributed by atoms with van der Waals surface area (Å²) in [5, 5.41) is 25.2. The fourth-order valence-electron chi connectivity index (χ4n) is 3.02. The number of rotatable bonds is 9. The Kier molecular flexibility index (Phi) is 7.03. The van der Waals surface area contributed by atoms with Crippen LogP contribution < -0.4 is 10.6 Å². The number of hydrogen-bond acceptors (Lipinski definition) is 6. The first-order chi connectivity index (χ1) is 14.5. The first-order valence-corrected chi connectivity index (χ1v) is 9.96. The number of carbonyl (C=O) groups is 1. The second-order valence-electron chi connectivity index (χ2n) is 7.07. The monoisotopic (exact) mass is 409 g/mol. The van der Waals surface area contributed by atoms with Gasteiger partial charge in [-0.15, -0.1) is 0 Å². The molecule has 2 aromatic heterocycles. The van der Waals surface area contributed by atoms with Crippen molar-refractivity contribution < 1.29 is 15.0 Å². The summed E-state index contributed by atoms with van der Waals surface area (Å²) in [5.74, 6) is 1.13. The van der Waals surface area contributed by atoms with Crippen molar-refractivity contribution in [3.8, 4) is 11.6 Å². The molecular weight excluding hydrogens is 382 g/mol. The first-order valence-electron chi connectivity index (χ1n) is 9.96. The van der Waals surface area contributed by atoms with Gasteiger partial charge < -0.3 is 25.4 Å². The number of phenolic OH excluding ortho intramolecular Hbond substituents is 1. The molecule has 0 fully saturated rings. The van der Waals surface area contributed by atoms with Gasteiger partial charge in [0.25, 0.3) is 5.91 Å². The predicted octanol–water partition coefficient (Wildman–Crippen LogP) is 2.44. The van der Waals surface area contributed by atoms with Crippen molar-refractivity contribution in [2.45, 2.75) is 32.7 Å². The molecule has 0 radical (unpaired) electrons. The summed E-state index contributed by atoms with van der Waals surface area (Å²) >= 11 is 0. The minimum Gasteiger partial charge on any atom is -0.508 e. The summed E-state index contributed by atoms with van der Waals surface area (Å²) in [6.07, 6.45) is 6.50. The normalized spacial score (nSPS) is 11.8. The Morgan fingerprint density at radius 3 is 2.80 bits per heavy atom. The number of amides is 1. The molecule has 0 aliphatic heterocycles. The second kappa shape index (κ2) is 9.89. The third-order valence-electron chi connectivity index (χ3n) is 4.86. The molecule has 4 N–H and O–H groups in total. The van der Waals surface area contributed by atoms with Crippen LogP contribution in [0.3, 0.4) is 0 Å². The molecule has 1 aromatic carbocycles. The SMILES string of the molecule is CC[C@@H](CO)Nc1ncc(C)c(-n2ccc(C(=O)NCCc3ccccc3O)c2)n1. The van der Waals surface area contributed by atoms with Crippen molar-refractivity contribution in [2.75, 3.05) is 18.5 Å². The smallest absolute Gasteiger partial charge is 0.252 e. The topological polar surface area (TPSA) is 112 Å². The van der Waals surface area contributed by atoms with Crippen molar-refractivity contribution in [3.63, 3.8) is 0 Å². The zero-order valence-corrected chi connectivity index (χ0v) is 17.2. The van der Waals surface area contributed by atoms with Gasteiger partial charge in [0.15, 0.2) is 0 Å². The molecule has 3 rings (SSSR count). The maximum absolute atomic E-state index is 12.5. The molecule has 0 aliphatic rings. The zero-order valence-electron chi connectivity index (χ0n) is 17.2. The third kappa shape index (κ3) is 5.15. The number of benzene rings is 1. The highest BCUT2D eigenvalue weighted by atomic mass is 16.3. The number of aliphatic hydroxyl groups excluding tert-OH is 1. The number of aromatic nitrogens is 3. The number of anilines is 1. The summed E-state index contributed by atoms with van der Waals surface area (Å²) in [7, 11) is 0. The Balaban J connectivity index is 1.66. The summed E-state index contributed by atoms with van der Waals surface area (Å²) < 4.78 is 1.78. The lowest BCUT2D eigenvalue weighted by atomic mass is 10.1. The molecule has 0 spiro atoms. The highest BCUT2D eigenvalue weighted by Gasteiger charge is 2.13. The van der Waals surface area contributed by atoms with E-state index in [-0.39, 0.29) is 24.3 Å². The standard InChI is InChI=1S/C22H27N5O3/c1-3-18(14-28)25-22-24-12-15(2)20(26-22)27-11-9-17(13-27)21(30)23-10-8-16-6-4-5-7-19(16)29/h4-7,9,11-13,18,28-29H,3,8,10,14H2,1-2H3,(H,23,30)(H,24,25,26)/t18-/m0/s1. The van der Waals surface area contributed by atoms with Gasteiger partial charge in [-0.1, -0.05) is 25.1 Å². The summed E-state index contributed by atoms with van der Waals surface area (Å²) in [4.78, 5) is 21.3. The van der Waals surface area contributed by atoms with Crippen LogP contribution in [0.5, 0.6) is 5.75 Å². The molecule has 3 aromatic rings. The van der Waals surface area contributed by atoms with E-state index in [0.29, 0.717) is 30.3 Å². The summed E-state index contributed by atoms with van der Waals surface area (Å²) in [6, 6.07) is 8.70. The third-order valence-corrected chi connectivity index (χ3v) is 4.86. The number of carbonyl (C=O) groups excluding carboxylic acids is 1. The van der Waals surface area contributed by atoms with Gasteiger partial charge in [0, 0.05) is 30.7 Å². The Bertz CT molecular complexity index is 998. The minimum atomic E-state index is -0.194. The number of phenols is 1. The number of hydrogen-bond donors (Lipinski definition) is 4. The highest BCUT2D eigenvalue weighted by molar-refractivity contribution is 5.94. The van der Waals surface area contributed by atoms with E-state index < -0.39 is 0 Å². The van der Waals surface area contributed by atoms with Gasteiger partial charge >= 0.3 is 0 Å². The Morgan fingerprint density at radius 2 is 2.07 bits per heavy atom. The zero-order chi connectivity index (χ0) is 21.5. The second-order valence-corrected chi connectivity index (χ2v) is 7.07. The van der Waals surface area contributed by atoms with Crippen molar-refractivity contribution in [2.24, 2.45) is 0 Å². The molecule has 0 saturated carbocycles. The average Bonchev–Trinajstić information content (AvgIpc) is 3.24. The van der Waals surface area contributed by atoms with E-state index in [1.165, 1.54) is 0 Å². The van der Waals surface area contributed by atoms with Crippen LogP contribution in [0.2, 0.25) is 0 Å². The van der Waals surface area contributed by atoms with Gasteiger partial charge in [-0.3, -0.25) is 4.79 Å². The number of para-hydroxylation sites is 1. The van der Waals surface area contributed by atoms with E-state index >= 15 is 0 Å². The molecule has 2 heterocycles. The van der Waals surface area contributed by atoms with E-state index in [1.807, 2.05) is 26.0 Å². The molecular formula is C22H27N5O3. The molecule has 1 atom stereocenters. The lowest BCUT2D eigenvalue weighted by Crippen LogP contribution is -2.25. The van der Waals surface area contributed by atoms with Crippen LogP contribution in [0.25, 0.3) is 5.82 Å². The molecule has 1 amide bonds. The predicted molar refractivity (Wildman–Crippen MR) is 115 cm³/mol. The van der Waals surface area contributed by atoms with E-state index in [1.54, 1.807) is 41.4 Å². The number of nitrogens with zero attached hydrogens (tertiary/aromatic N) is 3. The fraction of sp³-hybridized carbons (Fsp3) is 0.318. The van der Waals surface area contributed by atoms with Crippen LogP contribution in [-0.2, 0) is 6.42 Å². The maximum Gasteiger partial charge on any atom is 0.252 e. The Morgan fingerprint density at radius 1 is 1.27 bits per heavy atom. The van der Waals surface area contributed by atoms with E-state index in [9.17, 15) is 15.0 Å². The van der Waals surface area contributed by atoms with Crippen LogP contribution in [0.4, 0.5) is 5.95 Å². The molecule has 30 heavy (non-hydrogen) atoms. The largest absolute Gasteiger partial charge is 0.508 e. The highest BCUT2D eigenvalue weighted by Crippen LogP contribution is 2.17. The van der Waals surface area contributed by atoms with Crippen LogP contribution in [0.1, 0.15) is 34.8 Å². The first kappa shape index (κ1) is 21.3. The molecule has 0 unspecified atom stereocenters. The Hall–Kier alpha value is -3.39. The quantitative estimate of drug-likeness (QED) is 0.432. The van der Waals surface area contributed by atoms with Gasteiger partial charge in [-0.05, 0) is 37.5 Å². The van der Waals surface area contributed by atoms with E-state index in [4.69, 9.17) is 0 Å². The van der Waals surface area contributed by atoms with Gasteiger partial charge in [-0.25, -0.2) is 4.98 Å². The van der Waals surface area contributed by atoms with E-state index in [2.05, 4.69) is 20.6 Å². The van der Waals surface area contributed by atoms with Crippen LogP contribution >= 0.6 is 0 Å². The lowest BCUT2D eigenvalue weighted by molar-refractivity contribution is 0.0954. The fourth-order valence-corrected chi connectivity index (χ4v) is 3.02. The molecule has 158 valence electrons. The van der Waals surface area contributed by atoms with Gasteiger partial charge in [-0.2, -0.15) is 4.98 Å². The molecule has 0 saturated heterocycles. The van der Waals surface area contributed by atoms with Crippen molar-refractivity contribution in [3.05, 3.63) is 65.6 Å². The number of aliphatic hydroxyl groups is 1. The van der Waals surface area contributed by atoms with Crippen LogP contribution in [0.15, 0.2) is 48.9 Å². The molecule has 0 aliphatic carbocycles. The lowest BCUT2D eigenvalue weighted by Gasteiger charge is -2.15. The van der Waals surface area contributed by atoms with Crippen molar-refractivity contribution in [1.82, 2.24) is 19.9 Å². The van der Waals surface area contributed by atoms with Crippen molar-refractivity contribution >= 4 is 11.9 Å². The summed E-state index contributed by atoms with van der Waals surface area (Å²) in [5.41, 5.74) is 2.17. The van der Waals surface area contributed by atoms with Crippen molar-refractivity contribution in [1.29, 1.82) is 0 Å². The minimum absolute atomic E-state index is 0.00232. The molecule has 8 nitrogen and oxygen atoms in total. The number of aromatic hydroxyl groups is 1.